The molecular formula is C3H7N3O2S. The van der Waals surface area contributed by atoms with Gasteiger partial charge < -0.3 is 0 Å². The Morgan fingerprint density at radius 3 is 2.56 bits per heavy atom. The predicted molar refractivity (Wildman–Crippen MR) is 31.6 cm³/mol. The van der Waals surface area contributed by atoms with E-state index in [0.717, 1.165) is 0 Å². The van der Waals surface area contributed by atoms with E-state index in [2.05, 4.69) is 0 Å². The summed E-state index contributed by atoms with van der Waals surface area (Å²) in [6.07, 6.45) is 0. The summed E-state index contributed by atoms with van der Waals surface area (Å²) in [6.45, 7) is -0.205. The molecule has 0 spiro atoms. The van der Waals surface area contributed by atoms with Crippen LogP contribution in [-0.2, 0) is 10.2 Å². The standard InChI is InChI=1S/C3H7N3O2S/c1-5-9(7,8)6-3-2-4/h5-6H,3H2,1H3. The third kappa shape index (κ3) is 3.90. The highest BCUT2D eigenvalue weighted by atomic mass is 32.2. The van der Waals surface area contributed by atoms with Crippen LogP contribution in [0.2, 0.25) is 0 Å². The first-order chi connectivity index (χ1) is 4.12. The summed E-state index contributed by atoms with van der Waals surface area (Å²) in [4.78, 5) is 0. The molecule has 0 aromatic rings. The number of rotatable bonds is 3. The molecule has 0 aliphatic carbocycles. The molecule has 0 atom stereocenters. The van der Waals surface area contributed by atoms with E-state index in [0.29, 0.717) is 0 Å². The Morgan fingerprint density at radius 2 is 2.22 bits per heavy atom. The molecule has 0 aliphatic heterocycles. The van der Waals surface area contributed by atoms with Crippen molar-refractivity contribution in [3.05, 3.63) is 0 Å². The van der Waals surface area contributed by atoms with Gasteiger partial charge in [0.2, 0.25) is 0 Å². The summed E-state index contributed by atoms with van der Waals surface area (Å²) in [5.74, 6) is 0. The first-order valence-electron chi connectivity index (χ1n) is 2.17. The summed E-state index contributed by atoms with van der Waals surface area (Å²) in [7, 11) is -2.14. The van der Waals surface area contributed by atoms with Gasteiger partial charge in [0.25, 0.3) is 10.2 Å². The molecule has 0 aliphatic rings. The minimum Gasteiger partial charge on any atom is -0.205 e. The predicted octanol–water partition coefficient (Wildman–Crippen LogP) is -1.44. The van der Waals surface area contributed by atoms with Gasteiger partial charge in [0.15, 0.2) is 0 Å². The first kappa shape index (κ1) is 8.36. The highest BCUT2D eigenvalue weighted by molar-refractivity contribution is 7.87. The van der Waals surface area contributed by atoms with Crippen molar-refractivity contribution in [2.75, 3.05) is 13.6 Å². The van der Waals surface area contributed by atoms with Gasteiger partial charge >= 0.3 is 0 Å². The molecule has 0 fully saturated rings. The lowest BCUT2D eigenvalue weighted by atomic mass is 10.8. The minimum atomic E-state index is -3.40. The minimum absolute atomic E-state index is 0.205. The third-order valence-electron chi connectivity index (χ3n) is 0.610. The second-order valence-electron chi connectivity index (χ2n) is 1.19. The SMILES string of the molecule is CNS(=O)(=O)NCC#N. The summed E-state index contributed by atoms with van der Waals surface area (Å²) in [6, 6.07) is 1.63. The molecule has 0 radical (unpaired) electrons. The molecule has 0 saturated carbocycles. The first-order valence-corrected chi connectivity index (χ1v) is 3.66. The van der Waals surface area contributed by atoms with Crippen LogP contribution in [0.3, 0.4) is 0 Å². The van der Waals surface area contributed by atoms with Gasteiger partial charge in [-0.2, -0.15) is 18.4 Å². The van der Waals surface area contributed by atoms with Gasteiger partial charge in [0.05, 0.1) is 12.6 Å². The van der Waals surface area contributed by atoms with Gasteiger partial charge in [-0.05, 0) is 0 Å². The molecule has 0 saturated heterocycles. The largest absolute Gasteiger partial charge is 0.277 e. The van der Waals surface area contributed by atoms with Crippen LogP contribution in [0.4, 0.5) is 0 Å². The Kier molecular flexibility index (Phi) is 3.16. The lowest BCUT2D eigenvalue weighted by Crippen LogP contribution is -2.33. The highest BCUT2D eigenvalue weighted by Gasteiger charge is 2.01. The zero-order chi connectivity index (χ0) is 7.33. The van der Waals surface area contributed by atoms with Gasteiger partial charge in [0.1, 0.15) is 0 Å². The maximum atomic E-state index is 10.4. The van der Waals surface area contributed by atoms with Crippen molar-refractivity contribution in [3.63, 3.8) is 0 Å². The maximum Gasteiger partial charge on any atom is 0.277 e. The zero-order valence-electron chi connectivity index (χ0n) is 4.88. The quantitative estimate of drug-likeness (QED) is 0.482. The number of hydrogen-bond acceptors (Lipinski definition) is 3. The van der Waals surface area contributed by atoms with Crippen molar-refractivity contribution in [2.45, 2.75) is 0 Å². The second-order valence-corrected chi connectivity index (χ2v) is 2.89. The molecule has 9 heavy (non-hydrogen) atoms. The fraction of sp³-hybridized carbons (Fsp3) is 0.667. The van der Waals surface area contributed by atoms with Crippen LogP contribution in [0.25, 0.3) is 0 Å². The van der Waals surface area contributed by atoms with E-state index in [1.165, 1.54) is 7.05 Å². The van der Waals surface area contributed by atoms with E-state index in [1.54, 1.807) is 6.07 Å². The van der Waals surface area contributed by atoms with E-state index in [1.807, 2.05) is 9.44 Å². The Hall–Kier alpha value is -0.640. The van der Waals surface area contributed by atoms with E-state index < -0.39 is 10.2 Å². The van der Waals surface area contributed by atoms with Crippen molar-refractivity contribution >= 4 is 10.2 Å². The van der Waals surface area contributed by atoms with Gasteiger partial charge in [-0.1, -0.05) is 0 Å². The summed E-state index contributed by atoms with van der Waals surface area (Å²) < 4.78 is 24.7. The molecule has 5 nitrogen and oxygen atoms in total. The van der Waals surface area contributed by atoms with Gasteiger partial charge in [0, 0.05) is 7.05 Å². The fourth-order valence-electron chi connectivity index (χ4n) is 0.199. The van der Waals surface area contributed by atoms with Gasteiger partial charge in [-0.25, -0.2) is 4.72 Å². The Bertz CT molecular complexity index is 202. The summed E-state index contributed by atoms with van der Waals surface area (Å²) in [5.41, 5.74) is 0. The summed E-state index contributed by atoms with van der Waals surface area (Å²) in [5, 5.41) is 7.92. The van der Waals surface area contributed by atoms with Crippen LogP contribution in [-0.4, -0.2) is 22.0 Å². The van der Waals surface area contributed by atoms with Crippen molar-refractivity contribution in [1.82, 2.24) is 9.44 Å². The summed E-state index contributed by atoms with van der Waals surface area (Å²) >= 11 is 0. The fourth-order valence-corrected chi connectivity index (χ4v) is 0.598. The van der Waals surface area contributed by atoms with E-state index in [4.69, 9.17) is 5.26 Å². The van der Waals surface area contributed by atoms with Gasteiger partial charge in [-0.3, -0.25) is 0 Å². The molecule has 0 unspecified atom stereocenters. The third-order valence-corrected chi connectivity index (χ3v) is 1.67. The topological polar surface area (TPSA) is 82.0 Å². The van der Waals surface area contributed by atoms with Crippen LogP contribution in [0, 0.1) is 11.3 Å². The average molecular weight is 149 g/mol. The van der Waals surface area contributed by atoms with Crippen molar-refractivity contribution < 1.29 is 8.42 Å². The lowest BCUT2D eigenvalue weighted by Gasteiger charge is -1.97. The number of hydrogen-bond donors (Lipinski definition) is 2. The average Bonchev–Trinajstić information content (AvgIpc) is 1.84. The molecule has 0 amide bonds. The van der Waals surface area contributed by atoms with Gasteiger partial charge in [-0.15, -0.1) is 0 Å². The molecule has 6 heteroatoms. The number of nitriles is 1. The van der Waals surface area contributed by atoms with E-state index >= 15 is 0 Å². The van der Waals surface area contributed by atoms with Crippen LogP contribution < -0.4 is 9.44 Å². The molecule has 0 rings (SSSR count). The molecule has 2 N–H and O–H groups in total. The molecule has 0 bridgehead atoms. The number of nitrogens with one attached hydrogen (secondary N) is 2. The van der Waals surface area contributed by atoms with E-state index in [-0.39, 0.29) is 6.54 Å². The van der Waals surface area contributed by atoms with Crippen LogP contribution in [0.5, 0.6) is 0 Å². The molecular weight excluding hydrogens is 142 g/mol. The Balaban J connectivity index is 3.78. The van der Waals surface area contributed by atoms with Crippen LogP contribution in [0.15, 0.2) is 0 Å². The molecule has 0 aromatic heterocycles. The smallest absolute Gasteiger partial charge is 0.205 e. The normalized spacial score (nSPS) is 10.7. The van der Waals surface area contributed by atoms with E-state index in [9.17, 15) is 8.42 Å². The zero-order valence-corrected chi connectivity index (χ0v) is 5.70. The lowest BCUT2D eigenvalue weighted by molar-refractivity contribution is 0.577. The molecule has 0 heterocycles. The van der Waals surface area contributed by atoms with Crippen LogP contribution >= 0.6 is 0 Å². The monoisotopic (exact) mass is 149 g/mol. The molecule has 0 aromatic carbocycles. The number of nitrogens with zero attached hydrogens (tertiary/aromatic N) is 1. The van der Waals surface area contributed by atoms with Crippen molar-refractivity contribution in [2.24, 2.45) is 0 Å². The van der Waals surface area contributed by atoms with Crippen molar-refractivity contribution in [3.8, 4) is 6.07 Å². The van der Waals surface area contributed by atoms with Crippen molar-refractivity contribution in [1.29, 1.82) is 5.26 Å². The Morgan fingerprint density at radius 1 is 1.67 bits per heavy atom. The van der Waals surface area contributed by atoms with Crippen LogP contribution in [0.1, 0.15) is 0 Å². The molecule has 52 valence electrons. The maximum absolute atomic E-state index is 10.4. The Labute approximate surface area is 53.9 Å². The highest BCUT2D eigenvalue weighted by Crippen LogP contribution is 1.68. The second kappa shape index (κ2) is 3.40.